The van der Waals surface area contributed by atoms with E-state index in [4.69, 9.17) is 0 Å². The van der Waals surface area contributed by atoms with Crippen molar-refractivity contribution >= 4 is 18.2 Å². The number of Topliss-reactive ketones (excluding diaryl/α,β-unsaturated/α-hetero) is 1. The summed E-state index contributed by atoms with van der Waals surface area (Å²) in [6, 6.07) is 10.5. The molecule has 0 amide bonds. The van der Waals surface area contributed by atoms with E-state index in [0.29, 0.717) is 11.7 Å². The molecule has 3 fully saturated rings. The van der Waals surface area contributed by atoms with E-state index >= 15 is 0 Å². The fourth-order valence-electron chi connectivity index (χ4n) is 3.01. The smallest absolute Gasteiger partial charge is 0.153 e. The Morgan fingerprint density at radius 1 is 1.12 bits per heavy atom. The van der Waals surface area contributed by atoms with Gasteiger partial charge >= 0.3 is 0 Å². The van der Waals surface area contributed by atoms with Crippen LogP contribution in [0.2, 0.25) is 0 Å². The average Bonchev–Trinajstić information content (AvgIpc) is 2.36. The van der Waals surface area contributed by atoms with Crippen molar-refractivity contribution < 1.29 is 4.79 Å². The summed E-state index contributed by atoms with van der Waals surface area (Å²) < 4.78 is 0. The Balaban J connectivity index is 0.00000108. The number of benzene rings is 1. The third-order valence-electron chi connectivity index (χ3n) is 3.97. The molecule has 17 heavy (non-hydrogen) atoms. The molecule has 1 aromatic carbocycles. The van der Waals surface area contributed by atoms with Crippen LogP contribution in [0.15, 0.2) is 30.3 Å². The van der Waals surface area contributed by atoms with E-state index in [-0.39, 0.29) is 18.4 Å². The van der Waals surface area contributed by atoms with Gasteiger partial charge in [-0.2, -0.15) is 0 Å². The molecule has 0 N–H and O–H groups in total. The van der Waals surface area contributed by atoms with Crippen molar-refractivity contribution in [2.75, 3.05) is 13.1 Å². The molecular weight excluding hydrogens is 234 g/mol. The lowest BCUT2D eigenvalue weighted by molar-refractivity contribution is -0.136. The zero-order valence-electron chi connectivity index (χ0n) is 9.84. The van der Waals surface area contributed by atoms with Crippen molar-refractivity contribution in [3.8, 4) is 0 Å². The normalized spacial score (nSPS) is 31.1. The maximum Gasteiger partial charge on any atom is 0.153 e. The first-order valence-corrected chi connectivity index (χ1v) is 6.16. The number of hydrogen-bond acceptors (Lipinski definition) is 2. The molecule has 0 spiro atoms. The molecule has 3 aliphatic heterocycles. The predicted octanol–water partition coefficient (Wildman–Crippen LogP) is 2.31. The second kappa shape index (κ2) is 5.19. The molecule has 0 aliphatic carbocycles. The molecule has 4 rings (SSSR count). The van der Waals surface area contributed by atoms with Gasteiger partial charge in [-0.1, -0.05) is 30.3 Å². The molecule has 0 aromatic heterocycles. The van der Waals surface area contributed by atoms with Crippen molar-refractivity contribution in [1.29, 1.82) is 0 Å². The summed E-state index contributed by atoms with van der Waals surface area (Å²) >= 11 is 0. The van der Waals surface area contributed by atoms with E-state index in [1.807, 2.05) is 6.07 Å². The van der Waals surface area contributed by atoms with Gasteiger partial charge < -0.3 is 0 Å². The minimum atomic E-state index is 0. The van der Waals surface area contributed by atoms with Gasteiger partial charge in [0.25, 0.3) is 0 Å². The van der Waals surface area contributed by atoms with Crippen LogP contribution in [0.5, 0.6) is 0 Å². The van der Waals surface area contributed by atoms with E-state index in [0.717, 1.165) is 32.4 Å². The zero-order valence-corrected chi connectivity index (χ0v) is 10.7. The summed E-state index contributed by atoms with van der Waals surface area (Å²) in [6.07, 6.45) is 3.07. The van der Waals surface area contributed by atoms with Gasteiger partial charge in [-0.25, -0.2) is 0 Å². The van der Waals surface area contributed by atoms with E-state index in [1.165, 1.54) is 5.56 Å². The lowest BCUT2D eigenvalue weighted by Crippen LogP contribution is -2.56. The summed E-state index contributed by atoms with van der Waals surface area (Å²) in [5.74, 6) is 0.847. The van der Waals surface area contributed by atoms with Gasteiger partial charge in [0.1, 0.15) is 0 Å². The molecule has 0 radical (unpaired) electrons. The van der Waals surface area contributed by atoms with Crippen molar-refractivity contribution in [3.63, 3.8) is 0 Å². The first kappa shape index (κ1) is 12.6. The molecule has 1 aromatic rings. The highest BCUT2D eigenvalue weighted by Crippen LogP contribution is 2.30. The summed E-state index contributed by atoms with van der Waals surface area (Å²) in [7, 11) is 0. The number of carbonyl (C=O) groups excluding carboxylic acids is 1. The predicted molar refractivity (Wildman–Crippen MR) is 70.5 cm³/mol. The van der Waals surface area contributed by atoms with Gasteiger partial charge in [0.05, 0.1) is 6.04 Å². The lowest BCUT2D eigenvalue weighted by atomic mass is 9.80. The molecular formula is C14H18ClNO. The summed E-state index contributed by atoms with van der Waals surface area (Å²) in [5.41, 5.74) is 1.29. The van der Waals surface area contributed by atoms with Gasteiger partial charge in [-0.05, 0) is 37.9 Å². The zero-order chi connectivity index (χ0) is 11.0. The van der Waals surface area contributed by atoms with Crippen LogP contribution in [-0.4, -0.2) is 29.8 Å². The van der Waals surface area contributed by atoms with E-state index < -0.39 is 0 Å². The van der Waals surface area contributed by atoms with Crippen molar-refractivity contribution in [1.82, 2.24) is 4.90 Å². The molecule has 1 atom stereocenters. The van der Waals surface area contributed by atoms with E-state index in [9.17, 15) is 4.79 Å². The number of fused-ring (bicyclic) bond motifs is 3. The number of nitrogens with zero attached hydrogens (tertiary/aromatic N) is 1. The molecule has 2 bridgehead atoms. The maximum absolute atomic E-state index is 12.1. The van der Waals surface area contributed by atoms with Crippen LogP contribution in [-0.2, 0) is 11.2 Å². The second-order valence-electron chi connectivity index (χ2n) is 4.92. The van der Waals surface area contributed by atoms with Crippen molar-refractivity contribution in [2.45, 2.75) is 25.3 Å². The van der Waals surface area contributed by atoms with Crippen LogP contribution < -0.4 is 0 Å². The molecule has 3 heterocycles. The number of rotatable bonds is 2. The summed E-state index contributed by atoms with van der Waals surface area (Å²) in [4.78, 5) is 14.5. The third-order valence-corrected chi connectivity index (χ3v) is 3.97. The monoisotopic (exact) mass is 251 g/mol. The summed E-state index contributed by atoms with van der Waals surface area (Å²) in [6.45, 7) is 2.24. The Bertz CT molecular complexity index is 384. The SMILES string of the molecule is Cl.O=C1C2CCN(CC2)C1Cc1ccccc1. The molecule has 2 nitrogen and oxygen atoms in total. The Hall–Kier alpha value is -0.860. The molecule has 3 aliphatic rings. The molecule has 3 saturated heterocycles. The highest BCUT2D eigenvalue weighted by atomic mass is 35.5. The fourth-order valence-corrected chi connectivity index (χ4v) is 3.01. The van der Waals surface area contributed by atoms with Crippen molar-refractivity contribution in [2.24, 2.45) is 5.92 Å². The van der Waals surface area contributed by atoms with Gasteiger partial charge in [0, 0.05) is 5.92 Å². The van der Waals surface area contributed by atoms with Crippen LogP contribution in [0.25, 0.3) is 0 Å². The van der Waals surface area contributed by atoms with Crippen molar-refractivity contribution in [3.05, 3.63) is 35.9 Å². The lowest BCUT2D eigenvalue weighted by Gasteiger charge is -2.44. The number of ketones is 1. The van der Waals surface area contributed by atoms with Gasteiger partial charge in [-0.15, -0.1) is 12.4 Å². The first-order chi connectivity index (χ1) is 7.84. The van der Waals surface area contributed by atoms with Crippen LogP contribution in [0.3, 0.4) is 0 Å². The largest absolute Gasteiger partial charge is 0.298 e. The first-order valence-electron chi connectivity index (χ1n) is 6.16. The maximum atomic E-state index is 12.1. The molecule has 3 heteroatoms. The Kier molecular flexibility index (Phi) is 3.85. The topological polar surface area (TPSA) is 20.3 Å². The van der Waals surface area contributed by atoms with Crippen LogP contribution in [0.1, 0.15) is 18.4 Å². The minimum absolute atomic E-state index is 0. The van der Waals surface area contributed by atoms with Crippen LogP contribution in [0.4, 0.5) is 0 Å². The number of carbonyl (C=O) groups is 1. The number of hydrogen-bond donors (Lipinski definition) is 0. The van der Waals surface area contributed by atoms with Gasteiger partial charge in [-0.3, -0.25) is 9.69 Å². The van der Waals surface area contributed by atoms with Crippen LogP contribution in [0, 0.1) is 5.92 Å². The second-order valence-corrected chi connectivity index (χ2v) is 4.92. The standard InChI is InChI=1S/C14H17NO.ClH/c16-14-12-6-8-15(9-7-12)13(14)10-11-4-2-1-3-5-11;/h1-5,12-13H,6-10H2;1H. The minimum Gasteiger partial charge on any atom is -0.298 e. The quantitative estimate of drug-likeness (QED) is 0.804. The molecule has 0 saturated carbocycles. The van der Waals surface area contributed by atoms with E-state index in [2.05, 4.69) is 29.2 Å². The van der Waals surface area contributed by atoms with Gasteiger partial charge in [0.15, 0.2) is 5.78 Å². The fraction of sp³-hybridized carbons (Fsp3) is 0.500. The highest BCUT2D eigenvalue weighted by Gasteiger charge is 2.40. The highest BCUT2D eigenvalue weighted by molar-refractivity contribution is 5.88. The number of halogens is 1. The average molecular weight is 252 g/mol. The Labute approximate surface area is 108 Å². The van der Waals surface area contributed by atoms with Gasteiger partial charge in [0.2, 0.25) is 0 Å². The Morgan fingerprint density at radius 2 is 1.76 bits per heavy atom. The molecule has 92 valence electrons. The third kappa shape index (κ3) is 2.38. The van der Waals surface area contributed by atoms with E-state index in [1.54, 1.807) is 0 Å². The summed E-state index contributed by atoms with van der Waals surface area (Å²) in [5, 5.41) is 0. The Morgan fingerprint density at radius 3 is 2.35 bits per heavy atom. The number of piperidine rings is 3. The molecule has 1 unspecified atom stereocenters. The van der Waals surface area contributed by atoms with Crippen LogP contribution >= 0.6 is 12.4 Å².